The number of alkyl halides is 3. The van der Waals surface area contributed by atoms with Crippen molar-refractivity contribution in [1.29, 1.82) is 0 Å². The van der Waals surface area contributed by atoms with Gasteiger partial charge in [-0.25, -0.2) is 4.98 Å². The van der Waals surface area contributed by atoms with Crippen LogP contribution in [0.1, 0.15) is 0 Å². The van der Waals surface area contributed by atoms with E-state index in [-0.39, 0.29) is 5.75 Å². The van der Waals surface area contributed by atoms with E-state index in [0.29, 0.717) is 22.9 Å². The molecule has 0 amide bonds. The number of imidazole rings is 1. The quantitative estimate of drug-likeness (QED) is 0.547. The fourth-order valence-corrected chi connectivity index (χ4v) is 2.67. The highest BCUT2D eigenvalue weighted by Crippen LogP contribution is 2.31. The lowest BCUT2D eigenvalue weighted by Gasteiger charge is -2.11. The van der Waals surface area contributed by atoms with Crippen molar-refractivity contribution < 1.29 is 17.9 Å². The second kappa shape index (κ2) is 6.64. The standard InChI is InChI=1S/C19H13F3N4O/c20-19(21,22)27-14-9-7-13(8-10-14)24-18-17(15-5-1-3-11-23-15)25-16-6-2-4-12-26(16)18/h1-12,24H. The maximum Gasteiger partial charge on any atom is 0.573 e. The molecule has 0 atom stereocenters. The molecule has 4 rings (SSSR count). The van der Waals surface area contributed by atoms with Gasteiger partial charge in [0.05, 0.1) is 5.69 Å². The van der Waals surface area contributed by atoms with E-state index in [1.54, 1.807) is 6.20 Å². The molecule has 0 aliphatic heterocycles. The molecule has 4 aromatic rings. The van der Waals surface area contributed by atoms with Crippen LogP contribution in [0, 0.1) is 0 Å². The van der Waals surface area contributed by atoms with Gasteiger partial charge in [-0.05, 0) is 48.5 Å². The van der Waals surface area contributed by atoms with Crippen molar-refractivity contribution in [2.24, 2.45) is 0 Å². The van der Waals surface area contributed by atoms with Gasteiger partial charge in [-0.1, -0.05) is 12.1 Å². The number of anilines is 2. The molecule has 0 radical (unpaired) electrons. The zero-order valence-corrected chi connectivity index (χ0v) is 13.8. The van der Waals surface area contributed by atoms with Crippen LogP contribution in [0.5, 0.6) is 5.75 Å². The Hall–Kier alpha value is -3.55. The normalized spacial score (nSPS) is 11.5. The lowest BCUT2D eigenvalue weighted by atomic mass is 10.2. The number of nitrogens with one attached hydrogen (secondary N) is 1. The smallest absolute Gasteiger partial charge is 0.406 e. The molecule has 0 saturated carbocycles. The second-order valence-electron chi connectivity index (χ2n) is 5.65. The fraction of sp³-hybridized carbons (Fsp3) is 0.0526. The first kappa shape index (κ1) is 16.9. The summed E-state index contributed by atoms with van der Waals surface area (Å²) in [6.45, 7) is 0. The molecule has 0 saturated heterocycles. The number of fused-ring (bicyclic) bond motifs is 1. The molecular weight excluding hydrogens is 357 g/mol. The van der Waals surface area contributed by atoms with Crippen molar-refractivity contribution in [2.45, 2.75) is 6.36 Å². The largest absolute Gasteiger partial charge is 0.573 e. The van der Waals surface area contributed by atoms with E-state index in [1.165, 1.54) is 24.3 Å². The summed E-state index contributed by atoms with van der Waals surface area (Å²) in [7, 11) is 0. The van der Waals surface area contributed by atoms with E-state index in [0.717, 1.165) is 5.65 Å². The van der Waals surface area contributed by atoms with Crippen molar-refractivity contribution in [3.05, 3.63) is 73.1 Å². The number of hydrogen-bond donors (Lipinski definition) is 1. The van der Waals surface area contributed by atoms with Crippen molar-refractivity contribution in [3.8, 4) is 17.1 Å². The second-order valence-corrected chi connectivity index (χ2v) is 5.65. The van der Waals surface area contributed by atoms with Crippen molar-refractivity contribution in [1.82, 2.24) is 14.4 Å². The molecule has 27 heavy (non-hydrogen) atoms. The molecule has 3 aromatic heterocycles. The summed E-state index contributed by atoms with van der Waals surface area (Å²) in [4.78, 5) is 8.95. The summed E-state index contributed by atoms with van der Waals surface area (Å²) in [6.07, 6.45) is -1.20. The summed E-state index contributed by atoms with van der Waals surface area (Å²) < 4.78 is 42.7. The van der Waals surface area contributed by atoms with E-state index >= 15 is 0 Å². The van der Waals surface area contributed by atoms with Gasteiger partial charge in [0.1, 0.15) is 22.9 Å². The van der Waals surface area contributed by atoms with Crippen LogP contribution in [-0.4, -0.2) is 20.7 Å². The predicted octanol–water partition coefficient (Wildman–Crippen LogP) is 5.04. The highest BCUT2D eigenvalue weighted by atomic mass is 19.4. The topological polar surface area (TPSA) is 51.5 Å². The lowest BCUT2D eigenvalue weighted by Crippen LogP contribution is -2.16. The molecule has 1 aromatic carbocycles. The monoisotopic (exact) mass is 370 g/mol. The predicted molar refractivity (Wildman–Crippen MR) is 94.8 cm³/mol. The first-order valence-corrected chi connectivity index (χ1v) is 8.01. The Morgan fingerprint density at radius 2 is 1.70 bits per heavy atom. The Morgan fingerprint density at radius 1 is 0.926 bits per heavy atom. The first-order valence-electron chi connectivity index (χ1n) is 8.01. The molecule has 1 N–H and O–H groups in total. The van der Waals surface area contributed by atoms with Gasteiger partial charge in [-0.2, -0.15) is 0 Å². The fourth-order valence-electron chi connectivity index (χ4n) is 2.67. The van der Waals surface area contributed by atoms with E-state index in [4.69, 9.17) is 0 Å². The van der Waals surface area contributed by atoms with Gasteiger partial charge in [-0.15, -0.1) is 13.2 Å². The summed E-state index contributed by atoms with van der Waals surface area (Å²) in [5.74, 6) is 0.380. The highest BCUT2D eigenvalue weighted by molar-refractivity contribution is 5.77. The summed E-state index contributed by atoms with van der Waals surface area (Å²) >= 11 is 0. The molecular formula is C19H13F3N4O. The van der Waals surface area contributed by atoms with Crippen molar-refractivity contribution >= 4 is 17.2 Å². The molecule has 0 aliphatic carbocycles. The number of nitrogens with zero attached hydrogens (tertiary/aromatic N) is 3. The highest BCUT2D eigenvalue weighted by Gasteiger charge is 2.31. The summed E-state index contributed by atoms with van der Waals surface area (Å²) in [6, 6.07) is 16.6. The Kier molecular flexibility index (Phi) is 4.15. The zero-order valence-electron chi connectivity index (χ0n) is 13.8. The lowest BCUT2D eigenvalue weighted by molar-refractivity contribution is -0.274. The van der Waals surface area contributed by atoms with Gasteiger partial charge >= 0.3 is 6.36 Å². The van der Waals surface area contributed by atoms with Gasteiger partial charge in [-0.3, -0.25) is 9.38 Å². The molecule has 5 nitrogen and oxygen atoms in total. The average molecular weight is 370 g/mol. The third-order valence-electron chi connectivity index (χ3n) is 3.79. The molecule has 0 spiro atoms. The van der Waals surface area contributed by atoms with E-state index in [2.05, 4.69) is 20.0 Å². The Labute approximate surface area is 152 Å². The van der Waals surface area contributed by atoms with Crippen LogP contribution >= 0.6 is 0 Å². The van der Waals surface area contributed by atoms with E-state index < -0.39 is 6.36 Å². The first-order chi connectivity index (χ1) is 13.0. The van der Waals surface area contributed by atoms with E-state index in [1.807, 2.05) is 47.0 Å². The maximum absolute atomic E-state index is 12.3. The SMILES string of the molecule is FC(F)(F)Oc1ccc(Nc2c(-c3ccccn3)nc3ccccn23)cc1. The molecule has 0 bridgehead atoms. The van der Waals surface area contributed by atoms with E-state index in [9.17, 15) is 13.2 Å². The van der Waals surface area contributed by atoms with Gasteiger partial charge in [0.2, 0.25) is 0 Å². The van der Waals surface area contributed by atoms with Crippen LogP contribution in [-0.2, 0) is 0 Å². The third-order valence-corrected chi connectivity index (χ3v) is 3.79. The maximum atomic E-state index is 12.3. The number of halogens is 3. The van der Waals surface area contributed by atoms with Crippen molar-refractivity contribution in [3.63, 3.8) is 0 Å². The number of aromatic nitrogens is 3. The van der Waals surface area contributed by atoms with Crippen molar-refractivity contribution in [2.75, 3.05) is 5.32 Å². The minimum absolute atomic E-state index is 0.281. The van der Waals surface area contributed by atoms with Crippen LogP contribution in [0.4, 0.5) is 24.7 Å². The van der Waals surface area contributed by atoms with Crippen LogP contribution in [0.25, 0.3) is 17.0 Å². The number of hydrogen-bond acceptors (Lipinski definition) is 4. The molecule has 136 valence electrons. The van der Waals surface area contributed by atoms with Gasteiger partial charge in [0.15, 0.2) is 0 Å². The summed E-state index contributed by atoms with van der Waals surface area (Å²) in [5.41, 5.74) is 2.63. The Balaban J connectivity index is 1.71. The Morgan fingerprint density at radius 3 is 2.41 bits per heavy atom. The number of pyridine rings is 2. The molecule has 0 aliphatic rings. The number of rotatable bonds is 4. The molecule has 3 heterocycles. The van der Waals surface area contributed by atoms with Crippen LogP contribution < -0.4 is 10.1 Å². The van der Waals surface area contributed by atoms with Crippen LogP contribution in [0.2, 0.25) is 0 Å². The van der Waals surface area contributed by atoms with Crippen LogP contribution in [0.15, 0.2) is 73.1 Å². The zero-order chi connectivity index (χ0) is 18.9. The molecule has 0 fully saturated rings. The molecule has 8 heteroatoms. The van der Waals surface area contributed by atoms with Crippen LogP contribution in [0.3, 0.4) is 0 Å². The minimum atomic E-state index is -4.72. The number of benzene rings is 1. The summed E-state index contributed by atoms with van der Waals surface area (Å²) in [5, 5.41) is 3.21. The third kappa shape index (κ3) is 3.69. The van der Waals surface area contributed by atoms with Gasteiger partial charge in [0.25, 0.3) is 0 Å². The average Bonchev–Trinajstić information content (AvgIpc) is 3.01. The Bertz CT molecular complexity index is 1060. The van der Waals surface area contributed by atoms with Gasteiger partial charge < -0.3 is 10.1 Å². The molecule has 0 unspecified atom stereocenters. The minimum Gasteiger partial charge on any atom is -0.406 e. The van der Waals surface area contributed by atoms with Gasteiger partial charge in [0, 0.05) is 18.1 Å². The number of ether oxygens (including phenoxy) is 1.